The highest BCUT2D eigenvalue weighted by Gasteiger charge is 2.13. The summed E-state index contributed by atoms with van der Waals surface area (Å²) in [4.78, 5) is 11.7. The average Bonchev–Trinajstić information content (AvgIpc) is 2.31. The summed E-state index contributed by atoms with van der Waals surface area (Å²) in [7, 11) is -3.40. The Morgan fingerprint density at radius 3 is 2.74 bits per heavy atom. The lowest BCUT2D eigenvalue weighted by atomic mass is 10.1. The SMILES string of the molecule is CCNS(=O)(=O)CCNC(=O)c1cc(F)ccc1N. The second kappa shape index (κ2) is 6.48. The summed E-state index contributed by atoms with van der Waals surface area (Å²) in [6, 6.07) is 3.42. The highest BCUT2D eigenvalue weighted by atomic mass is 32.2. The molecule has 1 aromatic rings. The van der Waals surface area contributed by atoms with Crippen LogP contribution in [-0.4, -0.2) is 33.2 Å². The predicted octanol–water partition coefficient (Wildman–Crippen LogP) is 0.0770. The fourth-order valence-electron chi connectivity index (χ4n) is 1.41. The van der Waals surface area contributed by atoms with Crippen molar-refractivity contribution in [2.75, 3.05) is 24.6 Å². The number of amides is 1. The van der Waals surface area contributed by atoms with Crippen LogP contribution in [0.3, 0.4) is 0 Å². The first kappa shape index (κ1) is 15.4. The molecule has 0 fully saturated rings. The molecule has 0 saturated carbocycles. The van der Waals surface area contributed by atoms with Crippen LogP contribution < -0.4 is 15.8 Å². The third-order valence-corrected chi connectivity index (χ3v) is 3.75. The molecule has 19 heavy (non-hydrogen) atoms. The van der Waals surface area contributed by atoms with E-state index in [9.17, 15) is 17.6 Å². The zero-order valence-corrected chi connectivity index (χ0v) is 11.3. The summed E-state index contributed by atoms with van der Waals surface area (Å²) in [5.41, 5.74) is 5.66. The summed E-state index contributed by atoms with van der Waals surface area (Å²) in [6.45, 7) is 1.86. The number of carbonyl (C=O) groups is 1. The number of carbonyl (C=O) groups excluding carboxylic acids is 1. The van der Waals surface area contributed by atoms with Gasteiger partial charge in [0.2, 0.25) is 10.0 Å². The van der Waals surface area contributed by atoms with Crippen LogP contribution in [-0.2, 0) is 10.0 Å². The molecule has 0 saturated heterocycles. The molecule has 1 amide bonds. The summed E-state index contributed by atoms with van der Waals surface area (Å²) >= 11 is 0. The Kier molecular flexibility index (Phi) is 5.25. The molecule has 0 bridgehead atoms. The molecule has 1 rings (SSSR count). The van der Waals surface area contributed by atoms with Crippen molar-refractivity contribution in [2.24, 2.45) is 0 Å². The van der Waals surface area contributed by atoms with Gasteiger partial charge in [-0.2, -0.15) is 0 Å². The van der Waals surface area contributed by atoms with Crippen molar-refractivity contribution >= 4 is 21.6 Å². The molecule has 0 aliphatic heterocycles. The zero-order chi connectivity index (χ0) is 14.5. The minimum absolute atomic E-state index is 0.0131. The first-order valence-corrected chi connectivity index (χ1v) is 7.31. The number of halogens is 1. The Bertz CT molecular complexity index is 560. The van der Waals surface area contributed by atoms with Crippen LogP contribution in [0.15, 0.2) is 18.2 Å². The van der Waals surface area contributed by atoms with Crippen molar-refractivity contribution in [3.8, 4) is 0 Å². The highest BCUT2D eigenvalue weighted by Crippen LogP contribution is 2.12. The van der Waals surface area contributed by atoms with E-state index >= 15 is 0 Å². The molecule has 0 spiro atoms. The van der Waals surface area contributed by atoms with Gasteiger partial charge in [-0.05, 0) is 18.2 Å². The smallest absolute Gasteiger partial charge is 0.253 e. The molecule has 1 aromatic carbocycles. The van der Waals surface area contributed by atoms with Crippen molar-refractivity contribution in [3.05, 3.63) is 29.6 Å². The molecule has 4 N–H and O–H groups in total. The number of hydrogen-bond acceptors (Lipinski definition) is 4. The molecule has 0 aliphatic carbocycles. The number of benzene rings is 1. The van der Waals surface area contributed by atoms with Crippen molar-refractivity contribution in [2.45, 2.75) is 6.92 Å². The maximum absolute atomic E-state index is 13.0. The number of nitrogens with one attached hydrogen (secondary N) is 2. The number of hydrogen-bond donors (Lipinski definition) is 3. The molecule has 0 radical (unpaired) electrons. The Morgan fingerprint density at radius 1 is 1.42 bits per heavy atom. The molecule has 0 aromatic heterocycles. The topological polar surface area (TPSA) is 101 Å². The van der Waals surface area contributed by atoms with Crippen LogP contribution in [0.5, 0.6) is 0 Å². The van der Waals surface area contributed by atoms with Gasteiger partial charge in [0.15, 0.2) is 0 Å². The number of nitrogens with two attached hydrogens (primary N) is 1. The van der Waals surface area contributed by atoms with Crippen LogP contribution in [0.1, 0.15) is 17.3 Å². The second-order valence-corrected chi connectivity index (χ2v) is 5.73. The molecule has 0 atom stereocenters. The predicted molar refractivity (Wildman–Crippen MR) is 70.6 cm³/mol. The Labute approximate surface area is 111 Å². The van der Waals surface area contributed by atoms with Gasteiger partial charge < -0.3 is 11.1 Å². The van der Waals surface area contributed by atoms with E-state index in [0.29, 0.717) is 0 Å². The summed E-state index contributed by atoms with van der Waals surface area (Å²) in [5.74, 6) is -1.44. The number of anilines is 1. The van der Waals surface area contributed by atoms with Crippen molar-refractivity contribution < 1.29 is 17.6 Å². The molecule has 106 valence electrons. The molecule has 0 heterocycles. The minimum Gasteiger partial charge on any atom is -0.398 e. The molecule has 0 unspecified atom stereocenters. The van der Waals surface area contributed by atoms with Crippen molar-refractivity contribution in [1.29, 1.82) is 0 Å². The molecular formula is C11H16FN3O3S. The number of nitrogen functional groups attached to an aromatic ring is 1. The van der Waals surface area contributed by atoms with E-state index in [2.05, 4.69) is 10.0 Å². The van der Waals surface area contributed by atoms with Crippen LogP contribution in [0.25, 0.3) is 0 Å². The Balaban J connectivity index is 2.59. The third kappa shape index (κ3) is 4.84. The van der Waals surface area contributed by atoms with E-state index in [-0.39, 0.29) is 30.1 Å². The Hall–Kier alpha value is -1.67. The maximum atomic E-state index is 13.0. The van der Waals surface area contributed by atoms with Crippen molar-refractivity contribution in [3.63, 3.8) is 0 Å². The lowest BCUT2D eigenvalue weighted by Crippen LogP contribution is -2.34. The normalized spacial score (nSPS) is 11.3. The summed E-state index contributed by atoms with van der Waals surface area (Å²) in [5, 5.41) is 2.38. The van der Waals surface area contributed by atoms with Crippen LogP contribution in [0.2, 0.25) is 0 Å². The van der Waals surface area contributed by atoms with Gasteiger partial charge >= 0.3 is 0 Å². The first-order chi connectivity index (χ1) is 8.85. The van der Waals surface area contributed by atoms with E-state index in [1.54, 1.807) is 6.92 Å². The van der Waals surface area contributed by atoms with E-state index in [0.717, 1.165) is 12.1 Å². The fourth-order valence-corrected chi connectivity index (χ4v) is 2.37. The van der Waals surface area contributed by atoms with Gasteiger partial charge in [0.05, 0.1) is 11.3 Å². The maximum Gasteiger partial charge on any atom is 0.253 e. The standard InChI is InChI=1S/C11H16FN3O3S/c1-2-15-19(17,18)6-5-14-11(16)9-7-8(12)3-4-10(9)13/h3-4,7,15H,2,5-6,13H2,1H3,(H,14,16). The van der Waals surface area contributed by atoms with Crippen molar-refractivity contribution in [1.82, 2.24) is 10.0 Å². The van der Waals surface area contributed by atoms with Gasteiger partial charge in [0.1, 0.15) is 5.82 Å². The van der Waals surface area contributed by atoms with Crippen LogP contribution >= 0.6 is 0 Å². The van der Waals surface area contributed by atoms with Gasteiger partial charge in [-0.15, -0.1) is 0 Å². The quantitative estimate of drug-likeness (QED) is 0.645. The van der Waals surface area contributed by atoms with Gasteiger partial charge in [-0.3, -0.25) is 4.79 Å². The van der Waals surface area contributed by atoms with Gasteiger partial charge in [0.25, 0.3) is 5.91 Å². The molecule has 6 nitrogen and oxygen atoms in total. The number of rotatable bonds is 6. The highest BCUT2D eigenvalue weighted by molar-refractivity contribution is 7.89. The summed E-state index contributed by atoms with van der Waals surface area (Å²) < 4.78 is 37.9. The van der Waals surface area contributed by atoms with E-state index in [4.69, 9.17) is 5.73 Å². The molecule has 0 aliphatic rings. The Morgan fingerprint density at radius 2 is 2.11 bits per heavy atom. The van der Waals surface area contributed by atoms with Crippen LogP contribution in [0, 0.1) is 5.82 Å². The van der Waals surface area contributed by atoms with Crippen LogP contribution in [0.4, 0.5) is 10.1 Å². The average molecular weight is 289 g/mol. The third-order valence-electron chi connectivity index (χ3n) is 2.28. The monoisotopic (exact) mass is 289 g/mol. The van der Waals surface area contributed by atoms with Gasteiger partial charge in [-0.25, -0.2) is 17.5 Å². The number of sulfonamides is 1. The largest absolute Gasteiger partial charge is 0.398 e. The van der Waals surface area contributed by atoms with E-state index in [1.807, 2.05) is 0 Å². The molecule has 8 heteroatoms. The van der Waals surface area contributed by atoms with Gasteiger partial charge in [0, 0.05) is 18.8 Å². The van der Waals surface area contributed by atoms with E-state index in [1.165, 1.54) is 6.07 Å². The van der Waals surface area contributed by atoms with E-state index < -0.39 is 21.7 Å². The second-order valence-electron chi connectivity index (χ2n) is 3.80. The van der Waals surface area contributed by atoms with Gasteiger partial charge in [-0.1, -0.05) is 6.92 Å². The molecular weight excluding hydrogens is 273 g/mol. The summed E-state index contributed by atoms with van der Waals surface area (Å²) in [6.07, 6.45) is 0. The lowest BCUT2D eigenvalue weighted by molar-refractivity contribution is 0.0956. The lowest BCUT2D eigenvalue weighted by Gasteiger charge is -2.08. The fraction of sp³-hybridized carbons (Fsp3) is 0.364. The zero-order valence-electron chi connectivity index (χ0n) is 10.4. The minimum atomic E-state index is -3.40. The first-order valence-electron chi connectivity index (χ1n) is 5.66.